The van der Waals surface area contributed by atoms with Gasteiger partial charge < -0.3 is 9.15 Å². The maximum atomic E-state index is 11.1. The summed E-state index contributed by atoms with van der Waals surface area (Å²) in [7, 11) is 0. The molecular formula is C10H10O4. The first-order chi connectivity index (χ1) is 6.59. The van der Waals surface area contributed by atoms with Crippen molar-refractivity contribution < 1.29 is 18.7 Å². The summed E-state index contributed by atoms with van der Waals surface area (Å²) in [6.45, 7) is 5.21. The van der Waals surface area contributed by atoms with Gasteiger partial charge in [0.15, 0.2) is 0 Å². The van der Waals surface area contributed by atoms with Gasteiger partial charge in [-0.2, -0.15) is 0 Å². The molecule has 4 heteroatoms. The molecule has 1 heterocycles. The molecular weight excluding hydrogens is 184 g/mol. The highest BCUT2D eigenvalue weighted by molar-refractivity contribution is 5.95. The predicted octanol–water partition coefficient (Wildman–Crippen LogP) is 1.93. The zero-order valence-electron chi connectivity index (χ0n) is 7.78. The average Bonchev–Trinajstić information content (AvgIpc) is 2.53. The van der Waals surface area contributed by atoms with E-state index in [0.29, 0.717) is 5.57 Å². The van der Waals surface area contributed by atoms with E-state index in [4.69, 9.17) is 4.42 Å². The zero-order valence-corrected chi connectivity index (χ0v) is 7.78. The second kappa shape index (κ2) is 4.41. The maximum Gasteiger partial charge on any atom is 0.381 e. The van der Waals surface area contributed by atoms with E-state index >= 15 is 0 Å². The first-order valence-electron chi connectivity index (χ1n) is 4.02. The molecule has 0 aromatic carbocycles. The molecule has 0 aliphatic carbocycles. The molecule has 0 bridgehead atoms. The topological polar surface area (TPSA) is 56.5 Å². The molecule has 4 nitrogen and oxygen atoms in total. The Morgan fingerprint density at radius 2 is 2.29 bits per heavy atom. The van der Waals surface area contributed by atoms with Gasteiger partial charge in [-0.25, -0.2) is 4.79 Å². The van der Waals surface area contributed by atoms with Gasteiger partial charge in [0, 0.05) is 0 Å². The summed E-state index contributed by atoms with van der Waals surface area (Å²) in [5.74, 6) is -1.39. The Labute approximate surface area is 81.2 Å². The van der Waals surface area contributed by atoms with Crippen molar-refractivity contribution >= 4 is 11.9 Å². The van der Waals surface area contributed by atoms with Crippen molar-refractivity contribution in [1.82, 2.24) is 0 Å². The van der Waals surface area contributed by atoms with Crippen LogP contribution in [0.15, 0.2) is 35.0 Å². The molecule has 0 spiro atoms. The first-order valence-corrected chi connectivity index (χ1v) is 4.02. The van der Waals surface area contributed by atoms with Crippen LogP contribution in [0.5, 0.6) is 0 Å². The van der Waals surface area contributed by atoms with Crippen LogP contribution in [0.1, 0.15) is 23.9 Å². The minimum absolute atomic E-state index is 0.0139. The Hall–Kier alpha value is -1.84. The fourth-order valence-electron chi connectivity index (χ4n) is 0.831. The molecule has 0 saturated heterocycles. The van der Waals surface area contributed by atoms with E-state index in [0.717, 1.165) is 0 Å². The molecule has 0 N–H and O–H groups in total. The number of hydrogen-bond donors (Lipinski definition) is 0. The van der Waals surface area contributed by atoms with Crippen LogP contribution in [-0.2, 0) is 9.53 Å². The summed E-state index contributed by atoms with van der Waals surface area (Å²) in [6, 6.07) is 2.97. The van der Waals surface area contributed by atoms with E-state index < -0.39 is 11.9 Å². The number of rotatable bonds is 3. The second-order valence-corrected chi connectivity index (χ2v) is 2.87. The minimum Gasteiger partial charge on any atom is -0.457 e. The van der Waals surface area contributed by atoms with Crippen LogP contribution in [0.25, 0.3) is 0 Å². The Bertz CT molecular complexity index is 348. The highest BCUT2D eigenvalue weighted by Crippen LogP contribution is 2.05. The van der Waals surface area contributed by atoms with Gasteiger partial charge in [-0.3, -0.25) is 4.79 Å². The molecule has 0 fully saturated rings. The fourth-order valence-corrected chi connectivity index (χ4v) is 0.831. The van der Waals surface area contributed by atoms with Gasteiger partial charge >= 0.3 is 11.9 Å². The van der Waals surface area contributed by atoms with Crippen molar-refractivity contribution in [3.05, 3.63) is 36.3 Å². The lowest BCUT2D eigenvalue weighted by Gasteiger charge is -1.99. The first kappa shape index (κ1) is 10.2. The Balaban J connectivity index is 2.50. The van der Waals surface area contributed by atoms with Crippen molar-refractivity contribution in [3.8, 4) is 0 Å². The number of carbonyl (C=O) groups excluding carboxylic acids is 2. The highest BCUT2D eigenvalue weighted by Gasteiger charge is 2.14. The van der Waals surface area contributed by atoms with Crippen LogP contribution in [0.3, 0.4) is 0 Å². The SMILES string of the molecule is C=C(C)CC(=O)OC(=O)c1ccco1. The van der Waals surface area contributed by atoms with Crippen LogP contribution < -0.4 is 0 Å². The van der Waals surface area contributed by atoms with Crippen molar-refractivity contribution in [2.45, 2.75) is 13.3 Å². The maximum absolute atomic E-state index is 11.1. The average molecular weight is 194 g/mol. The third kappa shape index (κ3) is 2.90. The number of ether oxygens (including phenoxy) is 1. The van der Waals surface area contributed by atoms with Gasteiger partial charge in [-0.1, -0.05) is 12.2 Å². The Morgan fingerprint density at radius 1 is 1.57 bits per heavy atom. The number of esters is 2. The van der Waals surface area contributed by atoms with Crippen LogP contribution in [0, 0.1) is 0 Å². The lowest BCUT2D eigenvalue weighted by molar-refractivity contribution is -0.137. The minimum atomic E-state index is -0.777. The Kier molecular flexibility index (Phi) is 3.23. The second-order valence-electron chi connectivity index (χ2n) is 2.87. The lowest BCUT2D eigenvalue weighted by atomic mass is 10.2. The van der Waals surface area contributed by atoms with Crippen molar-refractivity contribution in [2.75, 3.05) is 0 Å². The summed E-state index contributed by atoms with van der Waals surface area (Å²) in [5, 5.41) is 0. The van der Waals surface area contributed by atoms with Gasteiger partial charge in [0.1, 0.15) is 0 Å². The lowest BCUT2D eigenvalue weighted by Crippen LogP contribution is -2.11. The zero-order chi connectivity index (χ0) is 10.6. The quantitative estimate of drug-likeness (QED) is 0.419. The number of carbonyl (C=O) groups is 2. The van der Waals surface area contributed by atoms with E-state index in [1.165, 1.54) is 12.3 Å². The molecule has 1 aromatic heterocycles. The van der Waals surface area contributed by atoms with E-state index in [9.17, 15) is 9.59 Å². The number of hydrogen-bond acceptors (Lipinski definition) is 4. The van der Waals surface area contributed by atoms with E-state index in [-0.39, 0.29) is 12.2 Å². The van der Waals surface area contributed by atoms with Crippen molar-refractivity contribution in [3.63, 3.8) is 0 Å². The third-order valence-electron chi connectivity index (χ3n) is 1.38. The molecule has 14 heavy (non-hydrogen) atoms. The Morgan fingerprint density at radius 3 is 2.79 bits per heavy atom. The summed E-state index contributed by atoms with van der Waals surface area (Å²) >= 11 is 0. The largest absolute Gasteiger partial charge is 0.457 e. The standard InChI is InChI=1S/C10H10O4/c1-7(2)6-9(11)14-10(12)8-4-3-5-13-8/h3-5H,1,6H2,2H3. The molecule has 0 aliphatic rings. The molecule has 0 atom stereocenters. The smallest absolute Gasteiger partial charge is 0.381 e. The molecule has 1 rings (SSSR count). The third-order valence-corrected chi connectivity index (χ3v) is 1.38. The van der Waals surface area contributed by atoms with E-state index in [1.807, 2.05) is 0 Å². The summed E-state index contributed by atoms with van der Waals surface area (Å²) in [5.41, 5.74) is 0.641. The van der Waals surface area contributed by atoms with Gasteiger partial charge in [0.05, 0.1) is 12.7 Å². The van der Waals surface area contributed by atoms with Crippen LogP contribution in [-0.4, -0.2) is 11.9 Å². The van der Waals surface area contributed by atoms with Crippen LogP contribution in [0.4, 0.5) is 0 Å². The molecule has 0 aliphatic heterocycles. The monoisotopic (exact) mass is 194 g/mol. The van der Waals surface area contributed by atoms with Gasteiger partial charge in [-0.05, 0) is 19.1 Å². The van der Waals surface area contributed by atoms with Gasteiger partial charge in [-0.15, -0.1) is 0 Å². The van der Waals surface area contributed by atoms with Gasteiger partial charge in [0.2, 0.25) is 5.76 Å². The molecule has 74 valence electrons. The fraction of sp³-hybridized carbons (Fsp3) is 0.200. The molecule has 1 aromatic rings. The molecule has 0 unspecified atom stereocenters. The van der Waals surface area contributed by atoms with E-state index in [2.05, 4.69) is 11.3 Å². The molecule has 0 amide bonds. The van der Waals surface area contributed by atoms with Crippen molar-refractivity contribution in [1.29, 1.82) is 0 Å². The van der Waals surface area contributed by atoms with Gasteiger partial charge in [0.25, 0.3) is 0 Å². The van der Waals surface area contributed by atoms with Crippen LogP contribution in [0.2, 0.25) is 0 Å². The summed E-state index contributed by atoms with van der Waals surface area (Å²) in [6.07, 6.45) is 1.37. The summed E-state index contributed by atoms with van der Waals surface area (Å²) < 4.78 is 9.23. The van der Waals surface area contributed by atoms with Crippen LogP contribution >= 0.6 is 0 Å². The molecule has 0 radical (unpaired) electrons. The number of furan rings is 1. The molecule has 0 saturated carbocycles. The van der Waals surface area contributed by atoms with E-state index in [1.54, 1.807) is 13.0 Å². The van der Waals surface area contributed by atoms with Crippen molar-refractivity contribution in [2.24, 2.45) is 0 Å². The predicted molar refractivity (Wildman–Crippen MR) is 48.6 cm³/mol. The highest BCUT2D eigenvalue weighted by atomic mass is 16.6. The normalized spacial score (nSPS) is 9.50. The summed E-state index contributed by atoms with van der Waals surface area (Å²) in [4.78, 5) is 22.1.